The topological polar surface area (TPSA) is 21.3 Å². The zero-order chi connectivity index (χ0) is 14.3. The van der Waals surface area contributed by atoms with Crippen LogP contribution in [-0.2, 0) is 10.9 Å². The highest BCUT2D eigenvalue weighted by Crippen LogP contribution is 2.31. The lowest BCUT2D eigenvalue weighted by molar-refractivity contribution is -0.137. The Morgan fingerprint density at radius 1 is 1.21 bits per heavy atom. The first-order valence-electron chi connectivity index (χ1n) is 6.13. The molecule has 0 aliphatic rings. The number of halogens is 4. The number of benzene rings is 1. The largest absolute Gasteiger partial charge is 0.416 e. The summed E-state index contributed by atoms with van der Waals surface area (Å²) in [7, 11) is 0. The fourth-order valence-electron chi connectivity index (χ4n) is 1.44. The number of hydrogen-bond acceptors (Lipinski definition) is 2. The van der Waals surface area contributed by atoms with Crippen molar-refractivity contribution >= 4 is 5.69 Å². The van der Waals surface area contributed by atoms with E-state index in [4.69, 9.17) is 4.74 Å². The molecule has 0 aromatic heterocycles. The molecule has 0 fully saturated rings. The van der Waals surface area contributed by atoms with Crippen LogP contribution in [0.1, 0.15) is 25.3 Å². The van der Waals surface area contributed by atoms with E-state index in [1.807, 2.05) is 6.92 Å². The minimum atomic E-state index is -4.47. The molecule has 0 amide bonds. The van der Waals surface area contributed by atoms with Crippen LogP contribution in [0.3, 0.4) is 0 Å². The van der Waals surface area contributed by atoms with Gasteiger partial charge in [-0.15, -0.1) is 0 Å². The van der Waals surface area contributed by atoms with Crippen LogP contribution in [0.15, 0.2) is 18.2 Å². The van der Waals surface area contributed by atoms with Gasteiger partial charge in [-0.05, 0) is 24.6 Å². The van der Waals surface area contributed by atoms with Crippen LogP contribution in [0.5, 0.6) is 0 Å². The van der Waals surface area contributed by atoms with E-state index in [1.165, 1.54) is 0 Å². The van der Waals surface area contributed by atoms with Crippen LogP contribution in [0.25, 0.3) is 0 Å². The standard InChI is InChI=1S/C13H17F4NO/c1-2-3-7-19-8-6-18-12-9-10(13(15,16)17)4-5-11(12)14/h4-5,9,18H,2-3,6-8H2,1H3. The number of nitrogens with one attached hydrogen (secondary N) is 1. The molecule has 6 heteroatoms. The molecule has 1 N–H and O–H groups in total. The first-order valence-corrected chi connectivity index (χ1v) is 6.13. The van der Waals surface area contributed by atoms with E-state index < -0.39 is 17.6 Å². The first-order chi connectivity index (χ1) is 8.95. The van der Waals surface area contributed by atoms with Crippen molar-refractivity contribution in [2.24, 2.45) is 0 Å². The van der Waals surface area contributed by atoms with Gasteiger partial charge in [0.05, 0.1) is 17.9 Å². The quantitative estimate of drug-likeness (QED) is 0.600. The van der Waals surface area contributed by atoms with E-state index in [0.717, 1.165) is 31.0 Å². The second kappa shape index (κ2) is 7.33. The summed E-state index contributed by atoms with van der Waals surface area (Å²) in [5.41, 5.74) is -1.03. The highest BCUT2D eigenvalue weighted by molar-refractivity contribution is 5.48. The van der Waals surface area contributed by atoms with Crippen molar-refractivity contribution in [1.82, 2.24) is 0 Å². The average molecular weight is 279 g/mol. The van der Waals surface area contributed by atoms with Crippen molar-refractivity contribution in [3.8, 4) is 0 Å². The summed E-state index contributed by atoms with van der Waals surface area (Å²) in [5, 5.41) is 2.60. The van der Waals surface area contributed by atoms with E-state index in [1.54, 1.807) is 0 Å². The van der Waals surface area contributed by atoms with Crippen LogP contribution in [0.4, 0.5) is 23.2 Å². The molecule has 0 spiro atoms. The van der Waals surface area contributed by atoms with E-state index in [-0.39, 0.29) is 12.2 Å². The third-order valence-electron chi connectivity index (χ3n) is 2.50. The molecule has 19 heavy (non-hydrogen) atoms. The lowest BCUT2D eigenvalue weighted by atomic mass is 10.2. The van der Waals surface area contributed by atoms with Crippen molar-refractivity contribution in [3.05, 3.63) is 29.6 Å². The Morgan fingerprint density at radius 3 is 2.58 bits per heavy atom. The Morgan fingerprint density at radius 2 is 1.95 bits per heavy atom. The monoisotopic (exact) mass is 279 g/mol. The molecular weight excluding hydrogens is 262 g/mol. The van der Waals surface area contributed by atoms with Crippen molar-refractivity contribution < 1.29 is 22.3 Å². The number of ether oxygens (including phenoxy) is 1. The molecule has 0 heterocycles. The molecule has 2 nitrogen and oxygen atoms in total. The van der Waals surface area contributed by atoms with Gasteiger partial charge in [0.15, 0.2) is 0 Å². The van der Waals surface area contributed by atoms with Crippen molar-refractivity contribution in [3.63, 3.8) is 0 Å². The fraction of sp³-hybridized carbons (Fsp3) is 0.538. The summed E-state index contributed by atoms with van der Waals surface area (Å²) in [6, 6.07) is 2.29. The average Bonchev–Trinajstić information content (AvgIpc) is 2.34. The van der Waals surface area contributed by atoms with Gasteiger partial charge in [-0.3, -0.25) is 0 Å². The third kappa shape index (κ3) is 5.46. The number of unbranched alkanes of at least 4 members (excludes halogenated alkanes) is 1. The molecule has 0 aliphatic carbocycles. The summed E-state index contributed by atoms with van der Waals surface area (Å²) in [6.45, 7) is 3.22. The summed E-state index contributed by atoms with van der Waals surface area (Å²) < 4.78 is 55.9. The summed E-state index contributed by atoms with van der Waals surface area (Å²) in [5.74, 6) is -0.707. The number of anilines is 1. The van der Waals surface area contributed by atoms with Gasteiger partial charge < -0.3 is 10.1 Å². The van der Waals surface area contributed by atoms with Gasteiger partial charge in [-0.1, -0.05) is 13.3 Å². The Balaban J connectivity index is 2.49. The van der Waals surface area contributed by atoms with E-state index in [9.17, 15) is 17.6 Å². The van der Waals surface area contributed by atoms with Gasteiger partial charge in [0.2, 0.25) is 0 Å². The number of hydrogen-bond donors (Lipinski definition) is 1. The maximum Gasteiger partial charge on any atom is 0.416 e. The molecule has 0 bridgehead atoms. The van der Waals surface area contributed by atoms with Crippen molar-refractivity contribution in [2.75, 3.05) is 25.1 Å². The second-order valence-corrected chi connectivity index (χ2v) is 4.09. The third-order valence-corrected chi connectivity index (χ3v) is 2.50. The molecule has 1 aromatic rings. The van der Waals surface area contributed by atoms with Crippen LogP contribution in [0, 0.1) is 5.82 Å². The highest BCUT2D eigenvalue weighted by atomic mass is 19.4. The molecule has 0 saturated carbocycles. The maximum atomic E-state index is 13.3. The Bertz CT molecular complexity index is 393. The minimum absolute atomic E-state index is 0.158. The van der Waals surface area contributed by atoms with Gasteiger partial charge in [0.25, 0.3) is 0 Å². The predicted molar refractivity (Wildman–Crippen MR) is 65.6 cm³/mol. The maximum absolute atomic E-state index is 13.3. The molecule has 108 valence electrons. The predicted octanol–water partition coefficient (Wildman–Crippen LogP) is 4.07. The molecule has 0 aliphatic heterocycles. The van der Waals surface area contributed by atoms with Gasteiger partial charge in [0, 0.05) is 13.2 Å². The number of rotatable bonds is 7. The van der Waals surface area contributed by atoms with Crippen molar-refractivity contribution in [1.29, 1.82) is 0 Å². The lowest BCUT2D eigenvalue weighted by Gasteiger charge is -2.11. The Hall–Kier alpha value is -1.30. The highest BCUT2D eigenvalue weighted by Gasteiger charge is 2.31. The van der Waals surface area contributed by atoms with Crippen molar-refractivity contribution in [2.45, 2.75) is 25.9 Å². The van der Waals surface area contributed by atoms with E-state index >= 15 is 0 Å². The zero-order valence-corrected chi connectivity index (χ0v) is 10.7. The molecule has 0 radical (unpaired) electrons. The Kier molecular flexibility index (Phi) is 6.08. The van der Waals surface area contributed by atoms with Gasteiger partial charge in [-0.2, -0.15) is 13.2 Å². The molecule has 0 atom stereocenters. The molecule has 0 unspecified atom stereocenters. The minimum Gasteiger partial charge on any atom is -0.380 e. The SMILES string of the molecule is CCCCOCCNc1cc(C(F)(F)F)ccc1F. The Labute approximate surface area is 109 Å². The number of alkyl halides is 3. The molecule has 1 rings (SSSR count). The lowest BCUT2D eigenvalue weighted by Crippen LogP contribution is -2.12. The summed E-state index contributed by atoms with van der Waals surface area (Å²) in [6.07, 6.45) is -2.53. The summed E-state index contributed by atoms with van der Waals surface area (Å²) in [4.78, 5) is 0. The second-order valence-electron chi connectivity index (χ2n) is 4.09. The zero-order valence-electron chi connectivity index (χ0n) is 10.7. The molecule has 0 saturated heterocycles. The van der Waals surface area contributed by atoms with E-state index in [0.29, 0.717) is 13.2 Å². The van der Waals surface area contributed by atoms with Gasteiger partial charge in [0.1, 0.15) is 5.82 Å². The molecular formula is C13H17F4NO. The van der Waals surface area contributed by atoms with Crippen LogP contribution in [-0.4, -0.2) is 19.8 Å². The van der Waals surface area contributed by atoms with Gasteiger partial charge in [-0.25, -0.2) is 4.39 Å². The summed E-state index contributed by atoms with van der Waals surface area (Å²) >= 11 is 0. The van der Waals surface area contributed by atoms with Crippen LogP contribution >= 0.6 is 0 Å². The van der Waals surface area contributed by atoms with E-state index in [2.05, 4.69) is 5.32 Å². The van der Waals surface area contributed by atoms with Crippen LogP contribution in [0.2, 0.25) is 0 Å². The smallest absolute Gasteiger partial charge is 0.380 e. The molecule has 1 aromatic carbocycles. The van der Waals surface area contributed by atoms with Gasteiger partial charge >= 0.3 is 6.18 Å². The normalized spacial score (nSPS) is 11.6. The fourth-order valence-corrected chi connectivity index (χ4v) is 1.44. The first kappa shape index (κ1) is 15.8. The van der Waals surface area contributed by atoms with Crippen LogP contribution < -0.4 is 5.32 Å².